The molecule has 3 nitrogen and oxygen atoms in total. The number of nitrogens with zero attached hydrogens (tertiary/aromatic N) is 1. The Kier molecular flexibility index (Phi) is 5.40. The third-order valence-corrected chi connectivity index (χ3v) is 4.57. The zero-order valence-electron chi connectivity index (χ0n) is 13.7. The molecule has 0 bridgehead atoms. The summed E-state index contributed by atoms with van der Waals surface area (Å²) >= 11 is 0. The molecule has 0 aliphatic carbocycles. The van der Waals surface area contributed by atoms with E-state index >= 15 is 0 Å². The first-order valence-electron chi connectivity index (χ1n) is 8.06. The van der Waals surface area contributed by atoms with Gasteiger partial charge in [-0.25, -0.2) is 0 Å². The number of aryl methyl sites for hydroxylation is 1. The first-order chi connectivity index (χ1) is 10.0. The second-order valence-corrected chi connectivity index (χ2v) is 6.47. The van der Waals surface area contributed by atoms with Crippen molar-refractivity contribution in [3.63, 3.8) is 0 Å². The van der Waals surface area contributed by atoms with Crippen LogP contribution >= 0.6 is 0 Å². The van der Waals surface area contributed by atoms with Crippen LogP contribution in [0.4, 0.5) is 0 Å². The Labute approximate surface area is 128 Å². The summed E-state index contributed by atoms with van der Waals surface area (Å²) in [5.74, 6) is 0.835. The predicted octanol–water partition coefficient (Wildman–Crippen LogP) is 3.15. The van der Waals surface area contributed by atoms with Crippen LogP contribution < -0.4 is 5.32 Å². The van der Waals surface area contributed by atoms with Crippen molar-refractivity contribution in [3.05, 3.63) is 35.4 Å². The van der Waals surface area contributed by atoms with Gasteiger partial charge in [-0.15, -0.1) is 0 Å². The molecule has 0 spiro atoms. The molecular formula is C18H28N2O. The highest BCUT2D eigenvalue weighted by Gasteiger charge is 2.34. The van der Waals surface area contributed by atoms with Gasteiger partial charge in [0.1, 0.15) is 0 Å². The molecule has 116 valence electrons. The average molecular weight is 288 g/mol. The van der Waals surface area contributed by atoms with Crippen molar-refractivity contribution in [2.45, 2.75) is 39.7 Å². The number of nitrogens with one attached hydrogen (secondary N) is 1. The maximum Gasteiger partial charge on any atom is 0.227 e. The van der Waals surface area contributed by atoms with E-state index in [-0.39, 0.29) is 17.9 Å². The third-order valence-electron chi connectivity index (χ3n) is 4.57. The molecular weight excluding hydrogens is 260 g/mol. The summed E-state index contributed by atoms with van der Waals surface area (Å²) in [4.78, 5) is 14.9. The van der Waals surface area contributed by atoms with Gasteiger partial charge in [0.2, 0.25) is 5.91 Å². The number of rotatable bonds is 4. The van der Waals surface area contributed by atoms with Crippen LogP contribution in [-0.4, -0.2) is 30.9 Å². The normalized spacial score (nSPS) is 23.9. The van der Waals surface area contributed by atoms with E-state index in [0.29, 0.717) is 5.92 Å². The van der Waals surface area contributed by atoms with E-state index in [1.165, 1.54) is 17.5 Å². The minimum Gasteiger partial charge on any atom is -0.335 e. The van der Waals surface area contributed by atoms with Crippen molar-refractivity contribution in [1.29, 1.82) is 0 Å². The molecule has 1 heterocycles. The van der Waals surface area contributed by atoms with Crippen LogP contribution in [-0.2, 0) is 4.79 Å². The van der Waals surface area contributed by atoms with Crippen molar-refractivity contribution in [1.82, 2.24) is 10.2 Å². The van der Waals surface area contributed by atoms with E-state index in [9.17, 15) is 4.79 Å². The smallest absolute Gasteiger partial charge is 0.227 e. The Morgan fingerprint density at radius 3 is 2.67 bits per heavy atom. The monoisotopic (exact) mass is 288 g/mol. The van der Waals surface area contributed by atoms with Gasteiger partial charge in [-0.2, -0.15) is 0 Å². The van der Waals surface area contributed by atoms with Crippen LogP contribution in [0.25, 0.3) is 0 Å². The lowest BCUT2D eigenvalue weighted by Gasteiger charge is -2.41. The van der Waals surface area contributed by atoms with E-state index in [0.717, 1.165) is 19.5 Å². The topological polar surface area (TPSA) is 32.3 Å². The zero-order chi connectivity index (χ0) is 15.4. The van der Waals surface area contributed by atoms with Crippen LogP contribution in [0.1, 0.15) is 43.9 Å². The summed E-state index contributed by atoms with van der Waals surface area (Å²) in [5, 5.41) is 3.11. The van der Waals surface area contributed by atoms with Gasteiger partial charge in [-0.05, 0) is 38.3 Å². The summed E-state index contributed by atoms with van der Waals surface area (Å²) in [5.41, 5.74) is 2.54. The SMILES string of the molecule is CNCC(C)C(=O)N1CCCC(C)C1c1ccc(C)cc1. The Hall–Kier alpha value is -1.35. The molecule has 0 saturated carbocycles. The maximum absolute atomic E-state index is 12.8. The fourth-order valence-corrected chi connectivity index (χ4v) is 3.38. The molecule has 3 heteroatoms. The van der Waals surface area contributed by atoms with Crippen LogP contribution in [0.15, 0.2) is 24.3 Å². The van der Waals surface area contributed by atoms with E-state index in [1.54, 1.807) is 0 Å². The van der Waals surface area contributed by atoms with Gasteiger partial charge in [0.25, 0.3) is 0 Å². The van der Waals surface area contributed by atoms with E-state index < -0.39 is 0 Å². The molecule has 1 aromatic rings. The van der Waals surface area contributed by atoms with Crippen molar-refractivity contribution in [2.24, 2.45) is 11.8 Å². The molecule has 1 N–H and O–H groups in total. The first kappa shape index (κ1) is 16.0. The summed E-state index contributed by atoms with van der Waals surface area (Å²) in [6.07, 6.45) is 2.31. The molecule has 3 unspecified atom stereocenters. The van der Waals surface area contributed by atoms with E-state index in [1.807, 2.05) is 14.0 Å². The van der Waals surface area contributed by atoms with Gasteiger partial charge in [0.05, 0.1) is 6.04 Å². The minimum absolute atomic E-state index is 0.0354. The standard InChI is InChI=1S/C18H28N2O/c1-13-7-9-16(10-8-13)17-14(2)6-5-11-20(17)18(21)15(3)12-19-4/h7-10,14-15,17,19H,5-6,11-12H2,1-4H3. The summed E-state index contributed by atoms with van der Waals surface area (Å²) < 4.78 is 0. The van der Waals surface area contributed by atoms with Crippen molar-refractivity contribution < 1.29 is 4.79 Å². The molecule has 21 heavy (non-hydrogen) atoms. The molecule has 2 rings (SSSR count). The van der Waals surface area contributed by atoms with Gasteiger partial charge in [-0.1, -0.05) is 43.7 Å². The highest BCUT2D eigenvalue weighted by Crippen LogP contribution is 2.36. The van der Waals surface area contributed by atoms with Crippen LogP contribution in [0.3, 0.4) is 0 Å². The summed E-state index contributed by atoms with van der Waals surface area (Å²) in [7, 11) is 1.90. The van der Waals surface area contributed by atoms with Crippen LogP contribution in [0.2, 0.25) is 0 Å². The Bertz CT molecular complexity index is 469. The number of benzene rings is 1. The van der Waals surface area contributed by atoms with Gasteiger partial charge in [0.15, 0.2) is 0 Å². The number of carbonyl (C=O) groups is 1. The van der Waals surface area contributed by atoms with Gasteiger partial charge in [0, 0.05) is 19.0 Å². The molecule has 0 radical (unpaired) electrons. The fourth-order valence-electron chi connectivity index (χ4n) is 3.38. The number of piperidine rings is 1. The van der Waals surface area contributed by atoms with Crippen molar-refractivity contribution >= 4 is 5.91 Å². The molecule has 1 fully saturated rings. The Morgan fingerprint density at radius 2 is 2.05 bits per heavy atom. The van der Waals surface area contributed by atoms with Gasteiger partial charge in [-0.3, -0.25) is 4.79 Å². The van der Waals surface area contributed by atoms with Crippen LogP contribution in [0.5, 0.6) is 0 Å². The summed E-state index contributed by atoms with van der Waals surface area (Å²) in [6, 6.07) is 8.90. The molecule has 1 aromatic carbocycles. The number of hydrogen-bond acceptors (Lipinski definition) is 2. The molecule has 0 aromatic heterocycles. The quantitative estimate of drug-likeness (QED) is 0.923. The second kappa shape index (κ2) is 7.08. The number of likely N-dealkylation sites (tertiary alicyclic amines) is 1. The fraction of sp³-hybridized carbons (Fsp3) is 0.611. The number of carbonyl (C=O) groups excluding carboxylic acids is 1. The second-order valence-electron chi connectivity index (χ2n) is 6.47. The minimum atomic E-state index is 0.0354. The lowest BCUT2D eigenvalue weighted by Crippen LogP contribution is -2.45. The number of amides is 1. The molecule has 3 atom stereocenters. The van der Waals surface area contributed by atoms with E-state index in [4.69, 9.17) is 0 Å². The molecule has 1 saturated heterocycles. The first-order valence-corrected chi connectivity index (χ1v) is 8.06. The maximum atomic E-state index is 12.8. The largest absolute Gasteiger partial charge is 0.335 e. The average Bonchev–Trinajstić information content (AvgIpc) is 2.47. The Balaban J connectivity index is 2.24. The van der Waals surface area contributed by atoms with E-state index in [2.05, 4.69) is 48.3 Å². The van der Waals surface area contributed by atoms with Crippen LogP contribution in [0, 0.1) is 18.8 Å². The third kappa shape index (κ3) is 3.65. The Morgan fingerprint density at radius 1 is 1.38 bits per heavy atom. The van der Waals surface area contributed by atoms with Crippen molar-refractivity contribution in [2.75, 3.05) is 20.1 Å². The predicted molar refractivity (Wildman–Crippen MR) is 87.1 cm³/mol. The molecule has 1 aliphatic rings. The zero-order valence-corrected chi connectivity index (χ0v) is 13.7. The van der Waals surface area contributed by atoms with Gasteiger partial charge >= 0.3 is 0 Å². The number of hydrogen-bond donors (Lipinski definition) is 1. The highest BCUT2D eigenvalue weighted by molar-refractivity contribution is 5.79. The lowest BCUT2D eigenvalue weighted by molar-refractivity contribution is -0.140. The highest BCUT2D eigenvalue weighted by atomic mass is 16.2. The lowest BCUT2D eigenvalue weighted by atomic mass is 9.85. The summed E-state index contributed by atoms with van der Waals surface area (Å²) in [6.45, 7) is 8.02. The van der Waals surface area contributed by atoms with Crippen molar-refractivity contribution in [3.8, 4) is 0 Å². The molecule has 1 aliphatic heterocycles. The van der Waals surface area contributed by atoms with Gasteiger partial charge < -0.3 is 10.2 Å². The molecule has 1 amide bonds.